The second-order valence-electron chi connectivity index (χ2n) is 4.88. The molecule has 1 N–H and O–H groups in total. The van der Waals surface area contributed by atoms with Crippen molar-refractivity contribution in [3.05, 3.63) is 35.4 Å². The van der Waals surface area contributed by atoms with Crippen LogP contribution in [-0.2, 0) is 6.54 Å². The van der Waals surface area contributed by atoms with Gasteiger partial charge in [0.1, 0.15) is 11.6 Å². The van der Waals surface area contributed by atoms with Gasteiger partial charge in [0.05, 0.1) is 5.71 Å². The fraction of sp³-hybridized carbons (Fsp3) is 0.500. The van der Waals surface area contributed by atoms with E-state index in [1.54, 1.807) is 0 Å². The number of nitrogens with zero attached hydrogens (tertiary/aromatic N) is 2. The number of likely N-dealkylation sites (tertiary alicyclic amines) is 1. The zero-order valence-corrected chi connectivity index (χ0v) is 10.9. The van der Waals surface area contributed by atoms with Gasteiger partial charge in [-0.15, -0.1) is 0 Å². The summed E-state index contributed by atoms with van der Waals surface area (Å²) in [7, 11) is 0. The molecule has 1 saturated heterocycles. The van der Waals surface area contributed by atoms with E-state index >= 15 is 0 Å². The van der Waals surface area contributed by atoms with E-state index in [0.29, 0.717) is 19.5 Å². The standard InChI is InChI=1S/C14H18F2N2O/c1-2-10-8-18(7-6-14(10)17-19)9-11-12(15)4-3-5-13(11)16/h3-5,10,19H,2,6-9H2,1H3/b17-14+. The quantitative estimate of drug-likeness (QED) is 0.675. The maximum absolute atomic E-state index is 13.6. The summed E-state index contributed by atoms with van der Waals surface area (Å²) in [6.45, 7) is 3.60. The number of hydrogen-bond acceptors (Lipinski definition) is 3. The van der Waals surface area contributed by atoms with Crippen LogP contribution in [0.5, 0.6) is 0 Å². The molecule has 0 bridgehead atoms. The highest BCUT2D eigenvalue weighted by Gasteiger charge is 2.25. The van der Waals surface area contributed by atoms with Crippen molar-refractivity contribution in [1.29, 1.82) is 0 Å². The predicted octanol–water partition coefficient (Wildman–Crippen LogP) is 3.03. The highest BCUT2D eigenvalue weighted by molar-refractivity contribution is 5.87. The lowest BCUT2D eigenvalue weighted by molar-refractivity contribution is 0.215. The Bertz CT molecular complexity index is 456. The maximum Gasteiger partial charge on any atom is 0.130 e. The number of rotatable bonds is 3. The van der Waals surface area contributed by atoms with Crippen LogP contribution in [0, 0.1) is 17.6 Å². The molecule has 1 fully saturated rings. The Morgan fingerprint density at radius 1 is 1.37 bits per heavy atom. The first-order valence-electron chi connectivity index (χ1n) is 6.51. The molecule has 0 spiro atoms. The summed E-state index contributed by atoms with van der Waals surface area (Å²) in [4.78, 5) is 2.00. The first kappa shape index (κ1) is 13.9. The molecular weight excluding hydrogens is 250 g/mol. The van der Waals surface area contributed by atoms with E-state index in [4.69, 9.17) is 5.21 Å². The lowest BCUT2D eigenvalue weighted by Crippen LogP contribution is -2.40. The van der Waals surface area contributed by atoms with Crippen molar-refractivity contribution in [1.82, 2.24) is 4.90 Å². The van der Waals surface area contributed by atoms with Crippen molar-refractivity contribution >= 4 is 5.71 Å². The van der Waals surface area contributed by atoms with Gasteiger partial charge in [-0.25, -0.2) is 8.78 Å². The Morgan fingerprint density at radius 2 is 2.05 bits per heavy atom. The molecule has 1 atom stereocenters. The van der Waals surface area contributed by atoms with Gasteiger partial charge >= 0.3 is 0 Å². The minimum absolute atomic E-state index is 0.113. The number of halogens is 2. The van der Waals surface area contributed by atoms with Gasteiger partial charge in [-0.2, -0.15) is 0 Å². The van der Waals surface area contributed by atoms with Gasteiger partial charge in [-0.1, -0.05) is 18.1 Å². The minimum atomic E-state index is -0.505. The van der Waals surface area contributed by atoms with E-state index in [-0.39, 0.29) is 18.0 Å². The zero-order chi connectivity index (χ0) is 13.8. The lowest BCUT2D eigenvalue weighted by atomic mass is 9.93. The molecule has 1 heterocycles. The van der Waals surface area contributed by atoms with E-state index in [1.165, 1.54) is 18.2 Å². The topological polar surface area (TPSA) is 35.8 Å². The lowest BCUT2D eigenvalue weighted by Gasteiger charge is -2.32. The molecule has 1 aromatic carbocycles. The highest BCUT2D eigenvalue weighted by atomic mass is 19.1. The number of benzene rings is 1. The first-order valence-corrected chi connectivity index (χ1v) is 6.51. The van der Waals surface area contributed by atoms with E-state index in [1.807, 2.05) is 11.8 Å². The molecule has 0 amide bonds. The molecule has 1 aliphatic rings. The molecule has 1 aromatic rings. The van der Waals surface area contributed by atoms with Crippen molar-refractivity contribution in [2.45, 2.75) is 26.3 Å². The molecule has 1 aliphatic heterocycles. The Hall–Kier alpha value is -1.49. The van der Waals surface area contributed by atoms with Crippen LogP contribution < -0.4 is 0 Å². The Kier molecular flexibility index (Phi) is 4.47. The van der Waals surface area contributed by atoms with E-state index < -0.39 is 11.6 Å². The second-order valence-corrected chi connectivity index (χ2v) is 4.88. The van der Waals surface area contributed by atoms with Crippen molar-refractivity contribution in [3.8, 4) is 0 Å². The van der Waals surface area contributed by atoms with Crippen LogP contribution >= 0.6 is 0 Å². The van der Waals surface area contributed by atoms with E-state index in [2.05, 4.69) is 5.16 Å². The third-order valence-corrected chi connectivity index (χ3v) is 3.70. The van der Waals surface area contributed by atoms with Gasteiger partial charge in [-0.05, 0) is 18.6 Å². The summed E-state index contributed by atoms with van der Waals surface area (Å²) in [5, 5.41) is 12.2. The summed E-state index contributed by atoms with van der Waals surface area (Å²) in [6.07, 6.45) is 1.50. The normalized spacial score (nSPS) is 22.9. The molecule has 104 valence electrons. The van der Waals surface area contributed by atoms with Gasteiger partial charge in [0.15, 0.2) is 0 Å². The van der Waals surface area contributed by atoms with E-state index in [9.17, 15) is 8.78 Å². The highest BCUT2D eigenvalue weighted by Crippen LogP contribution is 2.21. The van der Waals surface area contributed by atoms with Crippen molar-refractivity contribution in [2.75, 3.05) is 13.1 Å². The summed E-state index contributed by atoms with van der Waals surface area (Å²) >= 11 is 0. The minimum Gasteiger partial charge on any atom is -0.411 e. The third kappa shape index (κ3) is 3.10. The molecule has 5 heteroatoms. The zero-order valence-electron chi connectivity index (χ0n) is 10.9. The molecule has 19 heavy (non-hydrogen) atoms. The number of hydrogen-bond donors (Lipinski definition) is 1. The van der Waals surface area contributed by atoms with Gasteiger partial charge in [0, 0.05) is 37.5 Å². The predicted molar refractivity (Wildman–Crippen MR) is 69.3 cm³/mol. The van der Waals surface area contributed by atoms with Crippen LogP contribution in [0.3, 0.4) is 0 Å². The SMILES string of the molecule is CCC1CN(Cc2c(F)cccc2F)CC/C1=N\O. The summed E-state index contributed by atoms with van der Waals surface area (Å²) in [5.74, 6) is -0.849. The van der Waals surface area contributed by atoms with E-state index in [0.717, 1.165) is 12.1 Å². The second kappa shape index (κ2) is 6.10. The van der Waals surface area contributed by atoms with Crippen LogP contribution in [-0.4, -0.2) is 28.9 Å². The van der Waals surface area contributed by atoms with Crippen molar-refractivity contribution in [3.63, 3.8) is 0 Å². The molecule has 1 unspecified atom stereocenters. The largest absolute Gasteiger partial charge is 0.411 e. The molecule has 2 rings (SSSR count). The number of piperidine rings is 1. The first-order chi connectivity index (χ1) is 9.15. The van der Waals surface area contributed by atoms with Crippen LogP contribution in [0.4, 0.5) is 8.78 Å². The average molecular weight is 268 g/mol. The Morgan fingerprint density at radius 3 is 2.63 bits per heavy atom. The molecule has 0 aliphatic carbocycles. The van der Waals surface area contributed by atoms with Gasteiger partial charge in [0.2, 0.25) is 0 Å². The van der Waals surface area contributed by atoms with Crippen LogP contribution in [0.1, 0.15) is 25.3 Å². The summed E-state index contributed by atoms with van der Waals surface area (Å²) in [6, 6.07) is 3.93. The Balaban J connectivity index is 2.09. The van der Waals surface area contributed by atoms with Gasteiger partial charge < -0.3 is 5.21 Å². The van der Waals surface area contributed by atoms with Crippen LogP contribution in [0.25, 0.3) is 0 Å². The molecule has 3 nitrogen and oxygen atoms in total. The van der Waals surface area contributed by atoms with Crippen LogP contribution in [0.2, 0.25) is 0 Å². The summed E-state index contributed by atoms with van der Waals surface area (Å²) in [5.41, 5.74) is 0.898. The Labute approximate surface area is 111 Å². The monoisotopic (exact) mass is 268 g/mol. The molecule has 0 saturated carbocycles. The maximum atomic E-state index is 13.6. The average Bonchev–Trinajstić information content (AvgIpc) is 2.42. The van der Waals surface area contributed by atoms with Crippen LogP contribution in [0.15, 0.2) is 23.4 Å². The fourth-order valence-electron chi connectivity index (χ4n) is 2.53. The molecular formula is C14H18F2N2O. The fourth-order valence-corrected chi connectivity index (χ4v) is 2.53. The van der Waals surface area contributed by atoms with Crippen molar-refractivity contribution in [2.24, 2.45) is 11.1 Å². The van der Waals surface area contributed by atoms with Gasteiger partial charge in [-0.3, -0.25) is 4.90 Å². The molecule has 0 radical (unpaired) electrons. The summed E-state index contributed by atoms with van der Waals surface area (Å²) < 4.78 is 27.2. The third-order valence-electron chi connectivity index (χ3n) is 3.70. The van der Waals surface area contributed by atoms with Gasteiger partial charge in [0.25, 0.3) is 0 Å². The smallest absolute Gasteiger partial charge is 0.130 e. The molecule has 0 aromatic heterocycles. The van der Waals surface area contributed by atoms with Crippen molar-refractivity contribution < 1.29 is 14.0 Å². The number of oxime groups is 1.